The van der Waals surface area contributed by atoms with Gasteiger partial charge in [-0.15, -0.1) is 0 Å². The van der Waals surface area contributed by atoms with Crippen molar-refractivity contribution in [2.45, 2.75) is 225 Å². The molecule has 0 aromatic heterocycles. The van der Waals surface area contributed by atoms with E-state index < -0.39 is 6.10 Å². The standard InChI is InChI=1S/C45H84O4/c1-3-5-7-9-11-13-15-17-19-21-22-23-25-27-29-31-33-35-37-39-41-48-43-44(42-46)49-45(47)40-38-36-34-32-30-28-26-24-20-18-16-14-12-10-8-6-4-2/h11,13,17-20,44,46H,3-10,12,14-16,21-43H2,1-2H3/b13-11-,19-17-,20-18-. The first-order valence-electron chi connectivity index (χ1n) is 21.6. The molecule has 0 heterocycles. The highest BCUT2D eigenvalue weighted by atomic mass is 16.6. The number of ether oxygens (including phenoxy) is 2. The number of aliphatic hydroxyl groups is 1. The molecule has 1 N–H and O–H groups in total. The van der Waals surface area contributed by atoms with Gasteiger partial charge in [0.15, 0.2) is 0 Å². The number of hydrogen-bond acceptors (Lipinski definition) is 4. The maximum atomic E-state index is 12.2. The van der Waals surface area contributed by atoms with Gasteiger partial charge >= 0.3 is 5.97 Å². The molecule has 0 aromatic rings. The van der Waals surface area contributed by atoms with Gasteiger partial charge in [0.05, 0.1) is 13.2 Å². The lowest BCUT2D eigenvalue weighted by Crippen LogP contribution is -2.27. The highest BCUT2D eigenvalue weighted by Crippen LogP contribution is 2.14. The number of esters is 1. The van der Waals surface area contributed by atoms with E-state index in [1.807, 2.05) is 0 Å². The molecule has 0 aliphatic carbocycles. The van der Waals surface area contributed by atoms with Crippen LogP contribution in [0.5, 0.6) is 0 Å². The lowest BCUT2D eigenvalue weighted by molar-refractivity contribution is -0.154. The average molecular weight is 689 g/mol. The van der Waals surface area contributed by atoms with Crippen LogP contribution in [0.2, 0.25) is 0 Å². The first-order chi connectivity index (χ1) is 24.2. The molecule has 0 fully saturated rings. The van der Waals surface area contributed by atoms with E-state index in [-0.39, 0.29) is 12.6 Å². The van der Waals surface area contributed by atoms with Crippen LogP contribution in [0.3, 0.4) is 0 Å². The van der Waals surface area contributed by atoms with Crippen LogP contribution in [0, 0.1) is 0 Å². The van der Waals surface area contributed by atoms with Crippen LogP contribution in [0.4, 0.5) is 0 Å². The van der Waals surface area contributed by atoms with Crippen LogP contribution in [0.1, 0.15) is 219 Å². The molecule has 0 aliphatic rings. The minimum absolute atomic E-state index is 0.173. The lowest BCUT2D eigenvalue weighted by Gasteiger charge is -2.16. The number of hydrogen-bond donors (Lipinski definition) is 1. The Labute approximate surface area is 306 Å². The van der Waals surface area contributed by atoms with Crippen molar-refractivity contribution in [3.05, 3.63) is 36.5 Å². The van der Waals surface area contributed by atoms with Crippen molar-refractivity contribution in [1.29, 1.82) is 0 Å². The van der Waals surface area contributed by atoms with Crippen molar-refractivity contribution in [2.24, 2.45) is 0 Å². The number of rotatable bonds is 40. The number of allylic oxidation sites excluding steroid dienone is 6. The zero-order chi connectivity index (χ0) is 35.6. The summed E-state index contributed by atoms with van der Waals surface area (Å²) in [5.41, 5.74) is 0. The van der Waals surface area contributed by atoms with Crippen LogP contribution in [0.15, 0.2) is 36.5 Å². The number of carbonyl (C=O) groups excluding carboxylic acids is 1. The highest BCUT2D eigenvalue weighted by molar-refractivity contribution is 5.69. The molecule has 0 bridgehead atoms. The third-order valence-electron chi connectivity index (χ3n) is 9.44. The molecule has 49 heavy (non-hydrogen) atoms. The van der Waals surface area contributed by atoms with E-state index in [4.69, 9.17) is 9.47 Å². The molecule has 1 atom stereocenters. The first kappa shape index (κ1) is 47.6. The van der Waals surface area contributed by atoms with Crippen LogP contribution in [-0.2, 0) is 14.3 Å². The Morgan fingerprint density at radius 3 is 1.33 bits per heavy atom. The van der Waals surface area contributed by atoms with E-state index in [9.17, 15) is 9.90 Å². The lowest BCUT2D eigenvalue weighted by atomic mass is 10.1. The summed E-state index contributed by atoms with van der Waals surface area (Å²) in [5.74, 6) is -0.205. The predicted octanol–water partition coefficient (Wildman–Crippen LogP) is 14.1. The number of aliphatic hydroxyl groups excluding tert-OH is 1. The Morgan fingerprint density at radius 1 is 0.490 bits per heavy atom. The molecule has 0 aliphatic heterocycles. The highest BCUT2D eigenvalue weighted by Gasteiger charge is 2.13. The van der Waals surface area contributed by atoms with Gasteiger partial charge in [0.25, 0.3) is 0 Å². The van der Waals surface area contributed by atoms with Gasteiger partial charge in [0, 0.05) is 13.0 Å². The average Bonchev–Trinajstić information content (AvgIpc) is 3.11. The Hall–Kier alpha value is -1.39. The largest absolute Gasteiger partial charge is 0.457 e. The monoisotopic (exact) mass is 689 g/mol. The minimum Gasteiger partial charge on any atom is -0.457 e. The van der Waals surface area contributed by atoms with Crippen molar-refractivity contribution < 1.29 is 19.4 Å². The zero-order valence-electron chi connectivity index (χ0n) is 33.0. The summed E-state index contributed by atoms with van der Waals surface area (Å²) in [6.45, 7) is 5.33. The van der Waals surface area contributed by atoms with Crippen LogP contribution in [-0.4, -0.2) is 37.0 Å². The number of unbranched alkanes of at least 4 members (excludes halogenated alkanes) is 26. The van der Waals surface area contributed by atoms with Crippen LogP contribution in [0.25, 0.3) is 0 Å². The van der Waals surface area contributed by atoms with Gasteiger partial charge in [-0.1, -0.05) is 179 Å². The molecule has 0 saturated carbocycles. The molecule has 0 saturated heterocycles. The summed E-state index contributed by atoms with van der Waals surface area (Å²) in [6.07, 6.45) is 53.4. The third kappa shape index (κ3) is 40.9. The minimum atomic E-state index is -0.536. The fourth-order valence-corrected chi connectivity index (χ4v) is 6.18. The Bertz CT molecular complexity index is 728. The molecular formula is C45H84O4. The Morgan fingerprint density at radius 2 is 0.857 bits per heavy atom. The second kappa shape index (κ2) is 42.8. The van der Waals surface area contributed by atoms with E-state index in [1.54, 1.807) is 0 Å². The fourth-order valence-electron chi connectivity index (χ4n) is 6.18. The first-order valence-corrected chi connectivity index (χ1v) is 21.6. The normalized spacial score (nSPS) is 12.6. The van der Waals surface area contributed by atoms with E-state index in [0.717, 1.165) is 25.7 Å². The predicted molar refractivity (Wildman–Crippen MR) is 214 cm³/mol. The zero-order valence-corrected chi connectivity index (χ0v) is 33.0. The second-order valence-electron chi connectivity index (χ2n) is 14.4. The van der Waals surface area contributed by atoms with Crippen molar-refractivity contribution in [2.75, 3.05) is 19.8 Å². The van der Waals surface area contributed by atoms with Crippen molar-refractivity contribution >= 4 is 5.97 Å². The van der Waals surface area contributed by atoms with Gasteiger partial charge < -0.3 is 14.6 Å². The fraction of sp³-hybridized carbons (Fsp3) is 0.844. The Kier molecular flexibility index (Phi) is 41.6. The van der Waals surface area contributed by atoms with Gasteiger partial charge in [-0.2, -0.15) is 0 Å². The van der Waals surface area contributed by atoms with E-state index in [2.05, 4.69) is 50.3 Å². The topological polar surface area (TPSA) is 55.8 Å². The van der Waals surface area contributed by atoms with Gasteiger partial charge in [0.1, 0.15) is 6.10 Å². The maximum Gasteiger partial charge on any atom is 0.306 e. The van der Waals surface area contributed by atoms with Gasteiger partial charge in [-0.25, -0.2) is 0 Å². The van der Waals surface area contributed by atoms with Crippen LogP contribution >= 0.6 is 0 Å². The summed E-state index contributed by atoms with van der Waals surface area (Å²) >= 11 is 0. The van der Waals surface area contributed by atoms with E-state index in [0.29, 0.717) is 19.6 Å². The summed E-state index contributed by atoms with van der Waals surface area (Å²) in [6, 6.07) is 0. The van der Waals surface area contributed by atoms with Crippen LogP contribution < -0.4 is 0 Å². The summed E-state index contributed by atoms with van der Waals surface area (Å²) in [5, 5.41) is 9.60. The summed E-state index contributed by atoms with van der Waals surface area (Å²) < 4.78 is 11.2. The van der Waals surface area contributed by atoms with Crippen molar-refractivity contribution in [3.8, 4) is 0 Å². The molecule has 0 spiro atoms. The SMILES string of the molecule is CCCCC/C=C\C/C=C\CCCCCCCCCCCCOCC(CO)OC(=O)CCCCCCCCC/C=C\CCCCCCCC. The molecule has 0 aromatic carbocycles. The number of carbonyl (C=O) groups is 1. The smallest absolute Gasteiger partial charge is 0.306 e. The molecule has 0 radical (unpaired) electrons. The molecule has 1 unspecified atom stereocenters. The van der Waals surface area contributed by atoms with Gasteiger partial charge in [-0.05, 0) is 70.6 Å². The molecule has 0 amide bonds. The molecule has 4 nitrogen and oxygen atoms in total. The van der Waals surface area contributed by atoms with Crippen molar-refractivity contribution in [1.82, 2.24) is 0 Å². The quantitative estimate of drug-likeness (QED) is 0.0395. The molecule has 4 heteroatoms. The van der Waals surface area contributed by atoms with E-state index >= 15 is 0 Å². The Balaban J connectivity index is 3.42. The third-order valence-corrected chi connectivity index (χ3v) is 9.44. The summed E-state index contributed by atoms with van der Waals surface area (Å²) in [7, 11) is 0. The molecular weight excluding hydrogens is 604 g/mol. The molecule has 0 rings (SSSR count). The van der Waals surface area contributed by atoms with Crippen molar-refractivity contribution in [3.63, 3.8) is 0 Å². The second-order valence-corrected chi connectivity index (χ2v) is 14.4. The van der Waals surface area contributed by atoms with E-state index in [1.165, 1.54) is 173 Å². The molecule has 288 valence electrons. The van der Waals surface area contributed by atoms with Gasteiger partial charge in [0.2, 0.25) is 0 Å². The summed E-state index contributed by atoms with van der Waals surface area (Å²) in [4.78, 5) is 12.2. The maximum absolute atomic E-state index is 12.2. The van der Waals surface area contributed by atoms with Gasteiger partial charge in [-0.3, -0.25) is 4.79 Å².